The first kappa shape index (κ1) is 22.7. The summed E-state index contributed by atoms with van der Waals surface area (Å²) in [6.07, 6.45) is 24.4. The van der Waals surface area contributed by atoms with Gasteiger partial charge in [0.05, 0.1) is 0 Å². The number of nitrogens with zero attached hydrogens (tertiary/aromatic N) is 1. The molecule has 1 heteroatoms. The van der Waals surface area contributed by atoms with Gasteiger partial charge >= 0.3 is 0 Å². The summed E-state index contributed by atoms with van der Waals surface area (Å²) >= 11 is 0. The second kappa shape index (κ2) is 19.7. The van der Waals surface area contributed by atoms with Crippen LogP contribution < -0.4 is 0 Å². The van der Waals surface area contributed by atoms with Crippen LogP contribution in [0.3, 0.4) is 0 Å². The second-order valence-electron chi connectivity index (χ2n) is 6.96. The van der Waals surface area contributed by atoms with Gasteiger partial charge in [-0.3, -0.25) is 0 Å². The molecule has 0 aromatic rings. The third kappa shape index (κ3) is 17.9. The highest BCUT2D eigenvalue weighted by Gasteiger charge is 1.97. The van der Waals surface area contributed by atoms with Gasteiger partial charge in [0, 0.05) is 0 Å². The molecule has 0 aromatic carbocycles. The van der Waals surface area contributed by atoms with Crippen molar-refractivity contribution in [3.63, 3.8) is 0 Å². The molecule has 0 atom stereocenters. The van der Waals surface area contributed by atoms with Gasteiger partial charge < -0.3 is 4.90 Å². The van der Waals surface area contributed by atoms with E-state index in [4.69, 9.17) is 0 Å². The molecule has 0 aliphatic rings. The molecule has 0 spiro atoms. The highest BCUT2D eigenvalue weighted by Crippen LogP contribution is 2.10. The Morgan fingerprint density at radius 1 is 0.522 bits per heavy atom. The average molecular weight is 324 g/mol. The Balaban J connectivity index is 3.13. The predicted octanol–water partition coefficient (Wildman–Crippen LogP) is 7.37. The van der Waals surface area contributed by atoms with Gasteiger partial charge in [0.15, 0.2) is 0 Å². The fraction of sp³-hybridized carbons (Fsp3) is 0.909. The molecule has 0 aromatic heterocycles. The minimum atomic E-state index is 1.21. The Labute approximate surface area is 147 Å². The van der Waals surface area contributed by atoms with Gasteiger partial charge in [0.1, 0.15) is 0 Å². The van der Waals surface area contributed by atoms with Crippen molar-refractivity contribution in [2.24, 2.45) is 0 Å². The molecule has 0 aliphatic heterocycles. The first-order valence-electron chi connectivity index (χ1n) is 10.7. The highest BCUT2D eigenvalue weighted by molar-refractivity contribution is 4.81. The number of unbranched alkanes of at least 4 members (excludes halogenated alkanes) is 12. The van der Waals surface area contributed by atoms with Crippen LogP contribution in [-0.2, 0) is 0 Å². The molecule has 0 saturated carbocycles. The Morgan fingerprint density at radius 2 is 0.957 bits per heavy atom. The van der Waals surface area contributed by atoms with Crippen LogP contribution in [0.2, 0.25) is 0 Å². The van der Waals surface area contributed by atoms with Crippen LogP contribution in [-0.4, -0.2) is 24.5 Å². The lowest BCUT2D eigenvalue weighted by Crippen LogP contribution is -2.23. The minimum absolute atomic E-state index is 1.21. The van der Waals surface area contributed by atoms with E-state index in [0.29, 0.717) is 0 Å². The largest absolute Gasteiger partial charge is 0.304 e. The molecule has 23 heavy (non-hydrogen) atoms. The number of hydrogen-bond acceptors (Lipinski definition) is 1. The molecule has 138 valence electrons. The molecule has 0 N–H and O–H groups in total. The first-order chi connectivity index (χ1) is 11.3. The van der Waals surface area contributed by atoms with Crippen LogP contribution in [0.4, 0.5) is 0 Å². The highest BCUT2D eigenvalue weighted by atomic mass is 15.1. The number of allylic oxidation sites excluding steroid dienone is 2. The Bertz CT molecular complexity index is 230. The van der Waals surface area contributed by atoms with Gasteiger partial charge in [-0.05, 0) is 51.7 Å². The molecule has 0 rings (SSSR count). The fourth-order valence-electron chi connectivity index (χ4n) is 3.12. The van der Waals surface area contributed by atoms with E-state index in [1.807, 2.05) is 0 Å². The summed E-state index contributed by atoms with van der Waals surface area (Å²) in [4.78, 5) is 2.54. The summed E-state index contributed by atoms with van der Waals surface area (Å²) in [5.74, 6) is 0. The maximum atomic E-state index is 2.54. The van der Waals surface area contributed by atoms with Gasteiger partial charge in [0.25, 0.3) is 0 Å². The Kier molecular flexibility index (Phi) is 19.5. The zero-order chi connectivity index (χ0) is 17.0. The van der Waals surface area contributed by atoms with Crippen LogP contribution >= 0.6 is 0 Å². The van der Waals surface area contributed by atoms with E-state index >= 15 is 0 Å². The van der Waals surface area contributed by atoms with Crippen LogP contribution in [0.15, 0.2) is 12.2 Å². The summed E-state index contributed by atoms with van der Waals surface area (Å²) in [5.41, 5.74) is 0. The minimum Gasteiger partial charge on any atom is -0.304 e. The molecular weight excluding hydrogens is 278 g/mol. The SMILES string of the molecule is CCCCCCCCC=CCCCCCCCCN(CC)CC. The molecule has 0 fully saturated rings. The van der Waals surface area contributed by atoms with E-state index in [9.17, 15) is 0 Å². The maximum Gasteiger partial charge on any atom is -0.00190 e. The Morgan fingerprint density at radius 3 is 1.43 bits per heavy atom. The topological polar surface area (TPSA) is 3.24 Å². The molecule has 1 nitrogen and oxygen atoms in total. The van der Waals surface area contributed by atoms with Gasteiger partial charge in [-0.25, -0.2) is 0 Å². The van der Waals surface area contributed by atoms with Crippen LogP contribution in [0.1, 0.15) is 111 Å². The molecule has 0 unspecified atom stereocenters. The summed E-state index contributed by atoms with van der Waals surface area (Å²) < 4.78 is 0. The second-order valence-corrected chi connectivity index (χ2v) is 6.96. The molecular formula is C22H45N. The van der Waals surface area contributed by atoms with Crippen LogP contribution in [0, 0.1) is 0 Å². The standard InChI is InChI=1S/C22H45N/c1-4-7-8-9-10-11-12-13-14-15-16-17-18-19-20-21-22-23(5-2)6-3/h13-14H,4-12,15-22H2,1-3H3. The van der Waals surface area contributed by atoms with Gasteiger partial charge in [-0.15, -0.1) is 0 Å². The van der Waals surface area contributed by atoms with E-state index in [-0.39, 0.29) is 0 Å². The third-order valence-electron chi connectivity index (χ3n) is 4.88. The first-order valence-corrected chi connectivity index (χ1v) is 10.7. The summed E-state index contributed by atoms with van der Waals surface area (Å²) in [5, 5.41) is 0. The van der Waals surface area contributed by atoms with Gasteiger partial charge in [0.2, 0.25) is 0 Å². The molecule has 0 radical (unpaired) electrons. The average Bonchev–Trinajstić information content (AvgIpc) is 2.58. The van der Waals surface area contributed by atoms with Crippen molar-refractivity contribution >= 4 is 0 Å². The maximum absolute atomic E-state index is 2.54. The zero-order valence-corrected chi connectivity index (χ0v) is 16.6. The van der Waals surface area contributed by atoms with Crippen molar-refractivity contribution in [2.75, 3.05) is 19.6 Å². The zero-order valence-electron chi connectivity index (χ0n) is 16.6. The third-order valence-corrected chi connectivity index (χ3v) is 4.88. The molecule has 0 saturated heterocycles. The number of rotatable bonds is 18. The van der Waals surface area contributed by atoms with E-state index in [1.54, 1.807) is 0 Å². The van der Waals surface area contributed by atoms with Gasteiger partial charge in [-0.2, -0.15) is 0 Å². The predicted molar refractivity (Wildman–Crippen MR) is 107 cm³/mol. The smallest absolute Gasteiger partial charge is 0.00190 e. The van der Waals surface area contributed by atoms with Crippen molar-refractivity contribution < 1.29 is 0 Å². The normalized spacial score (nSPS) is 11.8. The quantitative estimate of drug-likeness (QED) is 0.188. The summed E-state index contributed by atoms with van der Waals surface area (Å²) in [6.45, 7) is 10.5. The summed E-state index contributed by atoms with van der Waals surface area (Å²) in [6, 6.07) is 0. The fourth-order valence-corrected chi connectivity index (χ4v) is 3.12. The molecule has 0 amide bonds. The van der Waals surface area contributed by atoms with Gasteiger partial charge in [-0.1, -0.05) is 90.7 Å². The van der Waals surface area contributed by atoms with Crippen LogP contribution in [0.5, 0.6) is 0 Å². The lowest BCUT2D eigenvalue weighted by molar-refractivity contribution is 0.295. The van der Waals surface area contributed by atoms with Crippen LogP contribution in [0.25, 0.3) is 0 Å². The van der Waals surface area contributed by atoms with Crippen molar-refractivity contribution in [1.82, 2.24) is 4.90 Å². The van der Waals surface area contributed by atoms with Crippen molar-refractivity contribution in [3.8, 4) is 0 Å². The van der Waals surface area contributed by atoms with E-state index in [1.165, 1.54) is 110 Å². The van der Waals surface area contributed by atoms with E-state index in [2.05, 4.69) is 37.8 Å². The van der Waals surface area contributed by atoms with Crippen molar-refractivity contribution in [3.05, 3.63) is 12.2 Å². The van der Waals surface area contributed by atoms with E-state index < -0.39 is 0 Å². The summed E-state index contributed by atoms with van der Waals surface area (Å²) in [7, 11) is 0. The monoisotopic (exact) mass is 323 g/mol. The lowest BCUT2D eigenvalue weighted by atomic mass is 10.1. The molecule has 0 aliphatic carbocycles. The van der Waals surface area contributed by atoms with Crippen molar-refractivity contribution in [1.29, 1.82) is 0 Å². The molecule has 0 heterocycles. The van der Waals surface area contributed by atoms with Crippen molar-refractivity contribution in [2.45, 2.75) is 111 Å². The number of hydrogen-bond donors (Lipinski definition) is 0. The Hall–Kier alpha value is -0.300. The van der Waals surface area contributed by atoms with E-state index in [0.717, 1.165) is 0 Å². The molecule has 0 bridgehead atoms. The lowest BCUT2D eigenvalue weighted by Gasteiger charge is -2.17.